The number of aromatic hydroxyl groups is 1. The van der Waals surface area contributed by atoms with Gasteiger partial charge in [0.25, 0.3) is 0 Å². The Kier molecular flexibility index (Phi) is 23.1. The number of phenolic OH excluding ortho intramolecular Hbond substituents is 1. The summed E-state index contributed by atoms with van der Waals surface area (Å²) in [5.41, 5.74) is 3.23. The van der Waals surface area contributed by atoms with Crippen LogP contribution in [0.5, 0.6) is 5.75 Å². The van der Waals surface area contributed by atoms with Gasteiger partial charge in [-0.2, -0.15) is 0 Å². The van der Waals surface area contributed by atoms with Gasteiger partial charge in [0.05, 0.1) is 0 Å². The largest absolute Gasteiger partial charge is 0.507 e. The quantitative estimate of drug-likeness (QED) is 0.497. The normalized spacial score (nSPS) is 10.4. The van der Waals surface area contributed by atoms with Crippen molar-refractivity contribution in [1.29, 1.82) is 0 Å². The fourth-order valence-corrected chi connectivity index (χ4v) is 1.89. The molecule has 0 heterocycles. The third kappa shape index (κ3) is 27.7. The van der Waals surface area contributed by atoms with Crippen molar-refractivity contribution in [3.8, 4) is 5.75 Å². The van der Waals surface area contributed by atoms with Crippen LogP contribution in [0.2, 0.25) is 0 Å². The molecule has 1 aromatic rings. The molecule has 0 aromatic heterocycles. The molecule has 0 aliphatic rings. The fourth-order valence-electron chi connectivity index (χ4n) is 1.89. The van der Waals surface area contributed by atoms with Gasteiger partial charge in [-0.3, -0.25) is 0 Å². The number of aliphatic hydroxyl groups excluding tert-OH is 3. The molecular weight excluding hydrogens is 445 g/mol. The number of rotatable bonds is 2. The van der Waals surface area contributed by atoms with Crippen LogP contribution in [0.4, 0.5) is 0 Å². The molecule has 0 bridgehead atoms. The van der Waals surface area contributed by atoms with Crippen LogP contribution in [0, 0.1) is 6.92 Å². The summed E-state index contributed by atoms with van der Waals surface area (Å²) in [7, 11) is 4.02. The van der Waals surface area contributed by atoms with Crippen molar-refractivity contribution >= 4 is 0 Å². The molecule has 29 heavy (non-hydrogen) atoms. The van der Waals surface area contributed by atoms with E-state index in [1.807, 2.05) is 14.1 Å². The van der Waals surface area contributed by atoms with E-state index in [9.17, 15) is 5.11 Å². The van der Waals surface area contributed by atoms with Gasteiger partial charge in [-0.25, -0.2) is 0 Å². The van der Waals surface area contributed by atoms with E-state index in [4.69, 9.17) is 15.3 Å². The number of hydrogen-bond donors (Lipinski definition) is 4. The van der Waals surface area contributed by atoms with Gasteiger partial charge in [0.15, 0.2) is 0 Å². The third-order valence-electron chi connectivity index (χ3n) is 2.63. The van der Waals surface area contributed by atoms with Crippen molar-refractivity contribution in [2.24, 2.45) is 0 Å². The molecule has 0 aliphatic heterocycles. The molecule has 0 unspecified atom stereocenters. The minimum absolute atomic E-state index is 0. The van der Waals surface area contributed by atoms with Gasteiger partial charge >= 0.3 is 0 Å². The molecule has 0 fully saturated rings. The smallest absolute Gasteiger partial charge is 0.123 e. The monoisotopic (exact) mass is 491 g/mol. The van der Waals surface area contributed by atoms with Crippen molar-refractivity contribution in [1.82, 2.24) is 4.90 Å². The van der Waals surface area contributed by atoms with Crippen molar-refractivity contribution < 1.29 is 46.6 Å². The van der Waals surface area contributed by atoms with E-state index < -0.39 is 0 Å². The van der Waals surface area contributed by atoms with Crippen LogP contribution in [0.15, 0.2) is 12.1 Å². The third-order valence-corrected chi connectivity index (χ3v) is 2.63. The molecular formula is C23H47NO4Zr. The topological polar surface area (TPSA) is 84.2 Å². The molecule has 5 nitrogen and oxygen atoms in total. The zero-order valence-corrected chi connectivity index (χ0v) is 23.3. The van der Waals surface area contributed by atoms with Gasteiger partial charge in [0.1, 0.15) is 5.75 Å². The van der Waals surface area contributed by atoms with Gasteiger partial charge in [0, 0.05) is 56.6 Å². The van der Waals surface area contributed by atoms with Crippen LogP contribution in [-0.4, -0.2) is 57.7 Å². The van der Waals surface area contributed by atoms with E-state index in [1.165, 1.54) is 5.56 Å². The van der Waals surface area contributed by atoms with Gasteiger partial charge in [-0.15, -0.1) is 0 Å². The molecule has 0 saturated carbocycles. The molecule has 0 saturated heterocycles. The van der Waals surface area contributed by atoms with Crippen molar-refractivity contribution in [3.63, 3.8) is 0 Å². The average molecular weight is 493 g/mol. The number of aliphatic hydroxyl groups is 3. The summed E-state index contributed by atoms with van der Waals surface area (Å²) >= 11 is 0. The van der Waals surface area contributed by atoms with E-state index in [1.54, 1.807) is 41.5 Å². The zero-order valence-electron chi connectivity index (χ0n) is 20.8. The van der Waals surface area contributed by atoms with Crippen LogP contribution in [0.1, 0.15) is 79.0 Å². The Morgan fingerprint density at radius 2 is 1.14 bits per heavy atom. The molecule has 1 rings (SSSR count). The summed E-state index contributed by atoms with van der Waals surface area (Å²) in [5.74, 6) is 0.451. The maximum atomic E-state index is 10.3. The first kappa shape index (κ1) is 36.1. The molecule has 172 valence electrons. The van der Waals surface area contributed by atoms with E-state index in [0.29, 0.717) is 5.75 Å². The van der Waals surface area contributed by atoms with Gasteiger partial charge in [-0.05, 0) is 73.5 Å². The number of aryl methyl sites for hydroxylation is 1. The Bertz CT molecular complexity index is 488. The Labute approximate surface area is 199 Å². The number of phenols is 1. The first-order valence-electron chi connectivity index (χ1n) is 9.93. The molecule has 0 spiro atoms. The Hall–Kier alpha value is -0.257. The van der Waals surface area contributed by atoms with Crippen LogP contribution in [-0.2, 0) is 38.2 Å². The molecule has 0 radical (unpaired) electrons. The number of benzene rings is 1. The summed E-state index contributed by atoms with van der Waals surface area (Å²) in [4.78, 5) is 2.07. The molecule has 6 heteroatoms. The van der Waals surface area contributed by atoms with Crippen LogP contribution < -0.4 is 0 Å². The van der Waals surface area contributed by atoms with Crippen LogP contribution >= 0.6 is 0 Å². The zero-order chi connectivity index (χ0) is 23.2. The predicted octanol–water partition coefficient (Wildman–Crippen LogP) is 4.22. The van der Waals surface area contributed by atoms with Gasteiger partial charge < -0.3 is 25.3 Å². The van der Waals surface area contributed by atoms with Crippen molar-refractivity contribution in [3.05, 3.63) is 28.8 Å². The minimum Gasteiger partial charge on any atom is -0.507 e. The fraction of sp³-hybridized carbons (Fsp3) is 0.739. The maximum absolute atomic E-state index is 10.3. The Morgan fingerprint density at radius 3 is 1.38 bits per heavy atom. The molecule has 4 N–H and O–H groups in total. The second kappa shape index (κ2) is 18.5. The standard InChI is InChI=1S/C14H23NO.3C3H8O.Zr/c1-10-7-11(9-15(5)6)13(16)12(8-10)14(2,3)4;3*1-3(2)4;/h7-8,16H,9H2,1-6H3;3*3-4H,1-2H3;. The second-order valence-corrected chi connectivity index (χ2v) is 9.09. The Balaban J connectivity index is -0.000000199. The summed E-state index contributed by atoms with van der Waals surface area (Å²) in [5, 5.41) is 34.4. The van der Waals surface area contributed by atoms with Crippen LogP contribution in [0.25, 0.3) is 0 Å². The van der Waals surface area contributed by atoms with Crippen LogP contribution in [0.3, 0.4) is 0 Å². The summed E-state index contributed by atoms with van der Waals surface area (Å²) in [6.07, 6.45) is -0.500. The predicted molar refractivity (Wildman–Crippen MR) is 121 cm³/mol. The summed E-state index contributed by atoms with van der Waals surface area (Å²) in [6, 6.07) is 4.14. The molecule has 0 amide bonds. The van der Waals surface area contributed by atoms with Gasteiger partial charge in [0.2, 0.25) is 0 Å². The van der Waals surface area contributed by atoms with Crippen molar-refractivity contribution in [2.75, 3.05) is 14.1 Å². The first-order valence-corrected chi connectivity index (χ1v) is 9.93. The maximum Gasteiger partial charge on any atom is 0.123 e. The minimum atomic E-state index is -0.167. The number of hydrogen-bond acceptors (Lipinski definition) is 5. The SMILES string of the molecule is CC(C)O.CC(C)O.CC(C)O.Cc1cc(CN(C)C)c(O)c(C(C)(C)C)c1.[Zr]. The summed E-state index contributed by atoms with van der Waals surface area (Å²) in [6.45, 7) is 19.6. The van der Waals surface area contributed by atoms with E-state index in [0.717, 1.165) is 17.7 Å². The molecule has 0 aliphatic carbocycles. The second-order valence-electron chi connectivity index (χ2n) is 9.09. The van der Waals surface area contributed by atoms with E-state index in [-0.39, 0.29) is 49.9 Å². The van der Waals surface area contributed by atoms with Crippen molar-refractivity contribution in [2.45, 2.75) is 99.5 Å². The molecule has 0 atom stereocenters. The average Bonchev–Trinajstić information content (AvgIpc) is 2.38. The van der Waals surface area contributed by atoms with E-state index >= 15 is 0 Å². The number of nitrogens with zero attached hydrogens (tertiary/aromatic N) is 1. The summed E-state index contributed by atoms with van der Waals surface area (Å²) < 4.78 is 0. The van der Waals surface area contributed by atoms with E-state index in [2.05, 4.69) is 44.7 Å². The molecule has 1 aromatic carbocycles. The first-order chi connectivity index (χ1) is 12.4. The Morgan fingerprint density at radius 1 is 0.828 bits per heavy atom. The van der Waals surface area contributed by atoms with Gasteiger partial charge in [-0.1, -0.05) is 38.5 Å².